The van der Waals surface area contributed by atoms with E-state index in [2.05, 4.69) is 4.90 Å². The summed E-state index contributed by atoms with van der Waals surface area (Å²) in [6, 6.07) is 10.5. The highest BCUT2D eigenvalue weighted by atomic mass is 35.5. The molecule has 1 heterocycles. The molecule has 7 heteroatoms. The van der Waals surface area contributed by atoms with Gasteiger partial charge in [-0.25, -0.2) is 0 Å². The maximum atomic E-state index is 13.2. The van der Waals surface area contributed by atoms with Crippen molar-refractivity contribution in [2.24, 2.45) is 0 Å². The van der Waals surface area contributed by atoms with E-state index in [9.17, 15) is 18.0 Å². The molecule has 2 aromatic rings. The molecule has 0 radical (unpaired) electrons. The van der Waals surface area contributed by atoms with Crippen LogP contribution in [-0.4, -0.2) is 37.0 Å². The van der Waals surface area contributed by atoms with Gasteiger partial charge in [0, 0.05) is 36.9 Å². The highest BCUT2D eigenvalue weighted by molar-refractivity contribution is 6.30. The van der Waals surface area contributed by atoms with Crippen LogP contribution in [0.3, 0.4) is 0 Å². The van der Waals surface area contributed by atoms with E-state index in [1.807, 2.05) is 25.1 Å². The van der Waals surface area contributed by atoms with Gasteiger partial charge in [0.15, 0.2) is 0 Å². The molecule has 26 heavy (non-hydrogen) atoms. The molecule has 0 aliphatic carbocycles. The van der Waals surface area contributed by atoms with Crippen LogP contribution in [0.4, 0.5) is 18.9 Å². The topological polar surface area (TPSA) is 23.6 Å². The van der Waals surface area contributed by atoms with E-state index in [-0.39, 0.29) is 5.56 Å². The van der Waals surface area contributed by atoms with Crippen LogP contribution in [0.2, 0.25) is 5.02 Å². The molecule has 1 saturated heterocycles. The van der Waals surface area contributed by atoms with Gasteiger partial charge in [0.1, 0.15) is 0 Å². The number of amides is 1. The zero-order chi connectivity index (χ0) is 18.9. The number of carbonyl (C=O) groups excluding carboxylic acids is 1. The summed E-state index contributed by atoms with van der Waals surface area (Å²) in [5.74, 6) is -0.583. The average Bonchev–Trinajstić information content (AvgIpc) is 2.62. The minimum absolute atomic E-state index is 0.299. The Balaban J connectivity index is 1.75. The van der Waals surface area contributed by atoms with Crippen LogP contribution in [0.5, 0.6) is 0 Å². The highest BCUT2D eigenvalue weighted by Gasteiger charge is 2.36. The molecule has 138 valence electrons. The van der Waals surface area contributed by atoms with E-state index in [1.165, 1.54) is 23.1 Å². The molecule has 0 spiro atoms. The Morgan fingerprint density at radius 3 is 2.35 bits per heavy atom. The fourth-order valence-electron chi connectivity index (χ4n) is 3.16. The monoisotopic (exact) mass is 382 g/mol. The summed E-state index contributed by atoms with van der Waals surface area (Å²) in [5.41, 5.74) is 0.863. The number of aryl methyl sites for hydroxylation is 1. The minimum Gasteiger partial charge on any atom is -0.368 e. The Labute approximate surface area is 155 Å². The van der Waals surface area contributed by atoms with Crippen LogP contribution in [-0.2, 0) is 6.18 Å². The van der Waals surface area contributed by atoms with E-state index in [1.54, 1.807) is 0 Å². The highest BCUT2D eigenvalue weighted by Crippen LogP contribution is 2.33. The van der Waals surface area contributed by atoms with Crippen molar-refractivity contribution in [3.05, 3.63) is 64.2 Å². The van der Waals surface area contributed by atoms with Gasteiger partial charge in [0.05, 0.1) is 11.1 Å². The third-order valence-electron chi connectivity index (χ3n) is 4.54. The second-order valence-corrected chi connectivity index (χ2v) is 6.69. The smallest absolute Gasteiger partial charge is 0.368 e. The molecule has 3 rings (SSSR count). The second-order valence-electron chi connectivity index (χ2n) is 6.25. The van der Waals surface area contributed by atoms with E-state index >= 15 is 0 Å². The van der Waals surface area contributed by atoms with E-state index in [0.717, 1.165) is 17.3 Å². The average molecular weight is 383 g/mol. The number of benzene rings is 2. The molecule has 0 aromatic heterocycles. The van der Waals surface area contributed by atoms with Gasteiger partial charge in [0.2, 0.25) is 0 Å². The molecule has 0 saturated carbocycles. The van der Waals surface area contributed by atoms with Gasteiger partial charge in [-0.05, 0) is 36.8 Å². The Morgan fingerprint density at radius 1 is 1.04 bits per heavy atom. The zero-order valence-corrected chi connectivity index (χ0v) is 14.9. The van der Waals surface area contributed by atoms with Gasteiger partial charge in [-0.1, -0.05) is 29.8 Å². The third-order valence-corrected chi connectivity index (χ3v) is 4.78. The number of piperazine rings is 1. The van der Waals surface area contributed by atoms with Crippen molar-refractivity contribution in [1.29, 1.82) is 0 Å². The maximum absolute atomic E-state index is 13.2. The molecule has 0 unspecified atom stereocenters. The summed E-state index contributed by atoms with van der Waals surface area (Å²) in [5, 5.41) is 0.628. The molecule has 2 aromatic carbocycles. The van der Waals surface area contributed by atoms with Crippen LogP contribution >= 0.6 is 11.6 Å². The number of anilines is 1. The lowest BCUT2D eigenvalue weighted by Crippen LogP contribution is -2.49. The Hall–Kier alpha value is -2.21. The van der Waals surface area contributed by atoms with Crippen molar-refractivity contribution in [3.8, 4) is 0 Å². The fraction of sp³-hybridized carbons (Fsp3) is 0.316. The lowest BCUT2D eigenvalue weighted by molar-refractivity contribution is -0.138. The van der Waals surface area contributed by atoms with Crippen molar-refractivity contribution < 1.29 is 18.0 Å². The van der Waals surface area contributed by atoms with Crippen LogP contribution in [0.1, 0.15) is 21.5 Å². The van der Waals surface area contributed by atoms with Gasteiger partial charge < -0.3 is 9.80 Å². The van der Waals surface area contributed by atoms with E-state index < -0.39 is 17.6 Å². The molecule has 0 N–H and O–H groups in total. The van der Waals surface area contributed by atoms with Gasteiger partial charge in [-0.3, -0.25) is 4.79 Å². The number of rotatable bonds is 2. The Bertz CT molecular complexity index is 815. The summed E-state index contributed by atoms with van der Waals surface area (Å²) in [6.45, 7) is 3.78. The standard InChI is InChI=1S/C19H18ClF3N2O/c1-13-6-7-14(20)12-17(13)24-8-10-25(11-9-24)18(26)15-4-2-3-5-16(15)19(21,22)23/h2-7,12H,8-11H2,1H3. The first-order valence-corrected chi connectivity index (χ1v) is 8.62. The summed E-state index contributed by atoms with van der Waals surface area (Å²) in [7, 11) is 0. The number of alkyl halides is 3. The number of nitrogens with zero attached hydrogens (tertiary/aromatic N) is 2. The van der Waals surface area contributed by atoms with E-state index in [4.69, 9.17) is 11.6 Å². The SMILES string of the molecule is Cc1ccc(Cl)cc1N1CCN(C(=O)c2ccccc2C(F)(F)F)CC1. The first-order chi connectivity index (χ1) is 12.3. The second kappa shape index (κ2) is 7.19. The molecule has 1 amide bonds. The van der Waals surface area contributed by atoms with Gasteiger partial charge >= 0.3 is 6.18 Å². The molecule has 1 aliphatic heterocycles. The predicted octanol–water partition coefficient (Wildman–Crippen LogP) is 4.63. The first-order valence-electron chi connectivity index (χ1n) is 8.24. The molecule has 0 atom stereocenters. The van der Waals surface area contributed by atoms with Crippen LogP contribution in [0.15, 0.2) is 42.5 Å². The summed E-state index contributed by atoms with van der Waals surface area (Å²) in [4.78, 5) is 16.2. The molecule has 1 fully saturated rings. The molecule has 0 bridgehead atoms. The van der Waals surface area contributed by atoms with Gasteiger partial charge in [-0.15, -0.1) is 0 Å². The van der Waals surface area contributed by atoms with Gasteiger partial charge in [-0.2, -0.15) is 13.2 Å². The molecule has 3 nitrogen and oxygen atoms in total. The molecular weight excluding hydrogens is 365 g/mol. The largest absolute Gasteiger partial charge is 0.417 e. The van der Waals surface area contributed by atoms with E-state index in [0.29, 0.717) is 31.2 Å². The third kappa shape index (κ3) is 3.80. The van der Waals surface area contributed by atoms with Crippen molar-refractivity contribution in [2.75, 3.05) is 31.1 Å². The number of carbonyl (C=O) groups is 1. The predicted molar refractivity (Wildman–Crippen MR) is 95.7 cm³/mol. The van der Waals surface area contributed by atoms with Crippen LogP contribution in [0, 0.1) is 6.92 Å². The lowest BCUT2D eigenvalue weighted by atomic mass is 10.1. The zero-order valence-electron chi connectivity index (χ0n) is 14.2. The van der Waals surface area contributed by atoms with Crippen molar-refractivity contribution in [1.82, 2.24) is 4.90 Å². The van der Waals surface area contributed by atoms with Crippen LogP contribution in [0.25, 0.3) is 0 Å². The maximum Gasteiger partial charge on any atom is 0.417 e. The summed E-state index contributed by atoms with van der Waals surface area (Å²) >= 11 is 6.06. The lowest BCUT2D eigenvalue weighted by Gasteiger charge is -2.37. The normalized spacial score (nSPS) is 15.3. The Morgan fingerprint density at radius 2 is 1.69 bits per heavy atom. The van der Waals surface area contributed by atoms with Crippen molar-refractivity contribution >= 4 is 23.2 Å². The van der Waals surface area contributed by atoms with Crippen molar-refractivity contribution in [2.45, 2.75) is 13.1 Å². The number of halogens is 4. The molecular formula is C19H18ClF3N2O. The summed E-state index contributed by atoms with van der Waals surface area (Å²) < 4.78 is 39.5. The summed E-state index contributed by atoms with van der Waals surface area (Å²) in [6.07, 6.45) is -4.55. The number of hydrogen-bond acceptors (Lipinski definition) is 2. The first kappa shape index (κ1) is 18.6. The number of hydrogen-bond donors (Lipinski definition) is 0. The Kier molecular flexibility index (Phi) is 5.14. The minimum atomic E-state index is -4.55. The van der Waals surface area contributed by atoms with Gasteiger partial charge in [0.25, 0.3) is 5.91 Å². The molecule has 1 aliphatic rings. The van der Waals surface area contributed by atoms with Crippen molar-refractivity contribution in [3.63, 3.8) is 0 Å². The fourth-order valence-corrected chi connectivity index (χ4v) is 3.33. The van der Waals surface area contributed by atoms with Crippen LogP contribution < -0.4 is 4.90 Å². The quantitative estimate of drug-likeness (QED) is 0.756.